The van der Waals surface area contributed by atoms with Crippen LogP contribution in [-0.2, 0) is 22.0 Å². The van der Waals surface area contributed by atoms with Crippen molar-refractivity contribution in [1.29, 1.82) is 0 Å². The highest BCUT2D eigenvalue weighted by Crippen LogP contribution is 2.34. The van der Waals surface area contributed by atoms with Crippen LogP contribution >= 0.6 is 0 Å². The Labute approximate surface area is 134 Å². The van der Waals surface area contributed by atoms with Gasteiger partial charge in [0, 0.05) is 12.7 Å². The first kappa shape index (κ1) is 16.0. The lowest BCUT2D eigenvalue weighted by atomic mass is 9.79. The molecule has 0 unspecified atom stereocenters. The van der Waals surface area contributed by atoms with Gasteiger partial charge in [-0.1, -0.05) is 24.3 Å². The maximum atomic E-state index is 13.2. The van der Waals surface area contributed by atoms with Gasteiger partial charge in [0.1, 0.15) is 16.3 Å². The minimum absolute atomic E-state index is 0.164. The SMILES string of the molecule is O=S(=O)(NC[C@@]1(O)CCCc2ccccc21)c1cncc(F)c1. The smallest absolute Gasteiger partial charge is 0.242 e. The van der Waals surface area contributed by atoms with Gasteiger partial charge in [-0.25, -0.2) is 17.5 Å². The Bertz CT molecular complexity index is 826. The van der Waals surface area contributed by atoms with Crippen LogP contribution in [0.15, 0.2) is 47.6 Å². The van der Waals surface area contributed by atoms with Gasteiger partial charge in [0.2, 0.25) is 10.0 Å². The van der Waals surface area contributed by atoms with Crippen molar-refractivity contribution in [2.75, 3.05) is 6.54 Å². The number of hydrogen-bond acceptors (Lipinski definition) is 4. The molecule has 2 N–H and O–H groups in total. The zero-order valence-electron chi connectivity index (χ0n) is 12.4. The lowest BCUT2D eigenvalue weighted by Gasteiger charge is -2.34. The molecule has 1 aromatic carbocycles. The molecule has 1 atom stereocenters. The topological polar surface area (TPSA) is 79.3 Å². The fourth-order valence-electron chi connectivity index (χ4n) is 2.92. The van der Waals surface area contributed by atoms with E-state index in [0.717, 1.165) is 42.4 Å². The van der Waals surface area contributed by atoms with Gasteiger partial charge in [-0.05, 0) is 36.5 Å². The molecule has 0 bridgehead atoms. The van der Waals surface area contributed by atoms with Gasteiger partial charge in [-0.3, -0.25) is 4.98 Å². The van der Waals surface area contributed by atoms with Gasteiger partial charge in [-0.2, -0.15) is 0 Å². The predicted octanol–water partition coefficient (Wildman–Crippen LogP) is 1.72. The summed E-state index contributed by atoms with van der Waals surface area (Å²) in [6.07, 6.45) is 4.11. The first-order chi connectivity index (χ1) is 10.9. The number of fused-ring (bicyclic) bond motifs is 1. The largest absolute Gasteiger partial charge is 0.384 e. The summed E-state index contributed by atoms with van der Waals surface area (Å²) in [4.78, 5) is 3.28. The molecule has 1 aromatic heterocycles. The number of nitrogens with one attached hydrogen (secondary N) is 1. The summed E-state index contributed by atoms with van der Waals surface area (Å²) >= 11 is 0. The predicted molar refractivity (Wildman–Crippen MR) is 82.7 cm³/mol. The van der Waals surface area contributed by atoms with Gasteiger partial charge in [0.25, 0.3) is 0 Å². The normalized spacial score (nSPS) is 21.0. The van der Waals surface area contributed by atoms with Gasteiger partial charge in [0.05, 0.1) is 6.20 Å². The van der Waals surface area contributed by atoms with E-state index in [4.69, 9.17) is 0 Å². The van der Waals surface area contributed by atoms with E-state index in [1.165, 1.54) is 0 Å². The summed E-state index contributed by atoms with van der Waals surface area (Å²) in [7, 11) is -3.94. The lowest BCUT2D eigenvalue weighted by Crippen LogP contribution is -2.42. The molecule has 23 heavy (non-hydrogen) atoms. The van der Waals surface area contributed by atoms with Gasteiger partial charge in [-0.15, -0.1) is 0 Å². The molecule has 1 aliphatic carbocycles. The summed E-state index contributed by atoms with van der Waals surface area (Å²) in [6, 6.07) is 8.36. The maximum Gasteiger partial charge on any atom is 0.242 e. The Morgan fingerprint density at radius 3 is 2.87 bits per heavy atom. The maximum absolute atomic E-state index is 13.2. The van der Waals surface area contributed by atoms with Crippen LogP contribution in [0.3, 0.4) is 0 Å². The minimum Gasteiger partial charge on any atom is -0.384 e. The molecule has 0 saturated heterocycles. The Hall–Kier alpha value is -1.83. The monoisotopic (exact) mass is 336 g/mol. The molecule has 122 valence electrons. The molecule has 7 heteroatoms. The van der Waals surface area contributed by atoms with Gasteiger partial charge >= 0.3 is 0 Å². The number of sulfonamides is 1. The molecular weight excluding hydrogens is 319 g/mol. The van der Waals surface area contributed by atoms with Crippen molar-refractivity contribution in [3.8, 4) is 0 Å². The van der Waals surface area contributed by atoms with E-state index in [2.05, 4.69) is 9.71 Å². The van der Waals surface area contributed by atoms with Crippen molar-refractivity contribution in [1.82, 2.24) is 9.71 Å². The van der Waals surface area contributed by atoms with E-state index in [1.807, 2.05) is 24.3 Å². The van der Waals surface area contributed by atoms with Crippen molar-refractivity contribution < 1.29 is 17.9 Å². The molecule has 0 amide bonds. The second kappa shape index (κ2) is 5.99. The van der Waals surface area contributed by atoms with E-state index >= 15 is 0 Å². The van der Waals surface area contributed by atoms with Crippen molar-refractivity contribution in [2.45, 2.75) is 29.8 Å². The van der Waals surface area contributed by atoms with E-state index in [-0.39, 0.29) is 11.4 Å². The van der Waals surface area contributed by atoms with E-state index in [1.54, 1.807) is 0 Å². The summed E-state index contributed by atoms with van der Waals surface area (Å²) in [6.45, 7) is -0.164. The molecule has 1 aliphatic rings. The Kier molecular flexibility index (Phi) is 4.18. The second-order valence-corrected chi connectivity index (χ2v) is 7.47. The standard InChI is InChI=1S/C16H17FN2O3S/c17-13-8-14(10-18-9-13)23(21,22)19-11-16(20)7-3-5-12-4-1-2-6-15(12)16/h1-2,4,6,8-10,19-20H,3,5,7,11H2/t16-/m0/s1. The van der Waals surface area contributed by atoms with Crippen LogP contribution in [0.25, 0.3) is 0 Å². The molecule has 3 rings (SSSR count). The van der Waals surface area contributed by atoms with E-state index in [9.17, 15) is 17.9 Å². The van der Waals surface area contributed by atoms with Crippen LogP contribution in [0.5, 0.6) is 0 Å². The Balaban J connectivity index is 1.83. The Morgan fingerprint density at radius 2 is 2.09 bits per heavy atom. The number of rotatable bonds is 4. The number of hydrogen-bond donors (Lipinski definition) is 2. The van der Waals surface area contributed by atoms with Crippen LogP contribution < -0.4 is 4.72 Å². The molecule has 0 saturated carbocycles. The highest BCUT2D eigenvalue weighted by molar-refractivity contribution is 7.89. The lowest BCUT2D eigenvalue weighted by molar-refractivity contribution is 0.0243. The first-order valence-electron chi connectivity index (χ1n) is 7.32. The number of aromatic nitrogens is 1. The summed E-state index contributed by atoms with van der Waals surface area (Å²) < 4.78 is 40.0. The molecule has 0 radical (unpaired) electrons. The van der Waals surface area contributed by atoms with E-state index < -0.39 is 21.4 Å². The summed E-state index contributed by atoms with van der Waals surface area (Å²) in [5.41, 5.74) is 0.502. The summed E-state index contributed by atoms with van der Waals surface area (Å²) in [5, 5.41) is 10.9. The minimum atomic E-state index is -3.94. The van der Waals surface area contributed by atoms with Crippen molar-refractivity contribution in [3.05, 3.63) is 59.7 Å². The number of halogens is 1. The molecule has 0 fully saturated rings. The average Bonchev–Trinajstić information content (AvgIpc) is 2.54. The highest BCUT2D eigenvalue weighted by atomic mass is 32.2. The number of nitrogens with zero attached hydrogens (tertiary/aromatic N) is 1. The fraction of sp³-hybridized carbons (Fsp3) is 0.312. The third-order valence-electron chi connectivity index (χ3n) is 4.10. The Morgan fingerprint density at radius 1 is 1.30 bits per heavy atom. The molecule has 2 aromatic rings. The van der Waals surface area contributed by atoms with Crippen LogP contribution in [0.4, 0.5) is 4.39 Å². The van der Waals surface area contributed by atoms with Crippen molar-refractivity contribution in [2.24, 2.45) is 0 Å². The van der Waals surface area contributed by atoms with Crippen molar-refractivity contribution in [3.63, 3.8) is 0 Å². The molecule has 0 spiro atoms. The molecule has 0 aliphatic heterocycles. The molecule has 1 heterocycles. The quantitative estimate of drug-likeness (QED) is 0.891. The number of aliphatic hydroxyl groups is 1. The average molecular weight is 336 g/mol. The molecule has 5 nitrogen and oxygen atoms in total. The van der Waals surface area contributed by atoms with E-state index in [0.29, 0.717) is 6.42 Å². The van der Waals surface area contributed by atoms with Gasteiger partial charge < -0.3 is 5.11 Å². The van der Waals surface area contributed by atoms with Crippen LogP contribution in [0.1, 0.15) is 24.0 Å². The number of pyridine rings is 1. The number of aryl methyl sites for hydroxylation is 1. The third-order valence-corrected chi connectivity index (χ3v) is 5.47. The number of benzene rings is 1. The van der Waals surface area contributed by atoms with Gasteiger partial charge in [0.15, 0.2) is 0 Å². The fourth-order valence-corrected chi connectivity index (χ4v) is 3.98. The van der Waals surface area contributed by atoms with Crippen LogP contribution in [-0.4, -0.2) is 25.1 Å². The summed E-state index contributed by atoms with van der Waals surface area (Å²) in [5.74, 6) is -0.727. The highest BCUT2D eigenvalue weighted by Gasteiger charge is 2.35. The van der Waals surface area contributed by atoms with Crippen molar-refractivity contribution >= 4 is 10.0 Å². The zero-order chi connectivity index (χ0) is 16.5. The van der Waals surface area contributed by atoms with Crippen LogP contribution in [0, 0.1) is 5.82 Å². The first-order valence-corrected chi connectivity index (χ1v) is 8.80. The third kappa shape index (κ3) is 3.26. The van der Waals surface area contributed by atoms with Crippen LogP contribution in [0.2, 0.25) is 0 Å². The molecular formula is C16H17FN2O3S. The second-order valence-electron chi connectivity index (χ2n) is 5.71. The zero-order valence-corrected chi connectivity index (χ0v) is 13.2.